The lowest BCUT2D eigenvalue weighted by Gasteiger charge is -2.08. The first kappa shape index (κ1) is 18.0. The molecule has 0 saturated carbocycles. The number of rotatable bonds is 7. The molecule has 6 heteroatoms. The zero-order chi connectivity index (χ0) is 16.9. The molecule has 23 heavy (non-hydrogen) atoms. The van der Waals surface area contributed by atoms with Gasteiger partial charge in [-0.25, -0.2) is 17.5 Å². The first-order chi connectivity index (χ1) is 10.9. The molecule has 0 fully saturated rings. The third-order valence-corrected chi connectivity index (χ3v) is 5.82. The normalized spacial score (nSPS) is 11.6. The molecule has 0 heterocycles. The summed E-state index contributed by atoms with van der Waals surface area (Å²) in [4.78, 5) is 0.0973. The predicted octanol–water partition coefficient (Wildman–Crippen LogP) is 3.65. The van der Waals surface area contributed by atoms with Crippen molar-refractivity contribution < 1.29 is 12.8 Å². The van der Waals surface area contributed by atoms with Crippen LogP contribution in [0.4, 0.5) is 4.39 Å². The lowest BCUT2D eigenvalue weighted by atomic mass is 10.2. The number of thioether (sulfide) groups is 1. The van der Waals surface area contributed by atoms with E-state index in [0.29, 0.717) is 17.9 Å². The highest BCUT2D eigenvalue weighted by Crippen LogP contribution is 2.15. The van der Waals surface area contributed by atoms with Gasteiger partial charge in [-0.05, 0) is 43.2 Å². The molecule has 0 bridgehead atoms. The maximum absolute atomic E-state index is 13.2. The Kier molecular flexibility index (Phi) is 6.21. The highest BCUT2D eigenvalue weighted by atomic mass is 32.2. The highest BCUT2D eigenvalue weighted by Gasteiger charge is 2.14. The van der Waals surface area contributed by atoms with Gasteiger partial charge in [-0.15, -0.1) is 0 Å². The Balaban J connectivity index is 1.82. The molecular weight excluding hydrogens is 333 g/mol. The van der Waals surface area contributed by atoms with Crippen molar-refractivity contribution in [1.29, 1.82) is 0 Å². The third kappa shape index (κ3) is 5.34. The van der Waals surface area contributed by atoms with Crippen LogP contribution in [0, 0.1) is 19.7 Å². The summed E-state index contributed by atoms with van der Waals surface area (Å²) < 4.78 is 40.0. The Morgan fingerprint density at radius 1 is 1.13 bits per heavy atom. The van der Waals surface area contributed by atoms with Gasteiger partial charge in [-0.1, -0.05) is 29.8 Å². The minimum absolute atomic E-state index is 0.0973. The van der Waals surface area contributed by atoms with Gasteiger partial charge in [0, 0.05) is 18.1 Å². The van der Waals surface area contributed by atoms with Crippen molar-refractivity contribution in [1.82, 2.24) is 4.72 Å². The van der Waals surface area contributed by atoms with Crippen molar-refractivity contribution in [3.63, 3.8) is 0 Å². The van der Waals surface area contributed by atoms with E-state index in [4.69, 9.17) is 0 Å². The Hall–Kier alpha value is -1.37. The summed E-state index contributed by atoms with van der Waals surface area (Å²) >= 11 is 1.67. The summed E-state index contributed by atoms with van der Waals surface area (Å²) in [5.41, 5.74) is 2.77. The fourth-order valence-electron chi connectivity index (χ4n) is 2.11. The van der Waals surface area contributed by atoms with Crippen LogP contribution in [0.5, 0.6) is 0 Å². The topological polar surface area (TPSA) is 46.2 Å². The third-order valence-electron chi connectivity index (χ3n) is 3.33. The minimum atomic E-state index is -3.58. The molecule has 124 valence electrons. The average Bonchev–Trinajstić information content (AvgIpc) is 2.49. The number of aryl methyl sites for hydroxylation is 2. The second-order valence-corrected chi connectivity index (χ2v) is 8.22. The van der Waals surface area contributed by atoms with E-state index in [2.05, 4.69) is 16.9 Å². The maximum atomic E-state index is 13.2. The first-order valence-electron chi connectivity index (χ1n) is 7.27. The van der Waals surface area contributed by atoms with Gasteiger partial charge in [0.15, 0.2) is 0 Å². The molecule has 0 spiro atoms. The van der Waals surface area contributed by atoms with Crippen LogP contribution < -0.4 is 4.72 Å². The van der Waals surface area contributed by atoms with Crippen LogP contribution in [0.15, 0.2) is 47.4 Å². The van der Waals surface area contributed by atoms with Gasteiger partial charge in [0.2, 0.25) is 10.0 Å². The molecule has 1 N–H and O–H groups in total. The highest BCUT2D eigenvalue weighted by molar-refractivity contribution is 7.98. The largest absolute Gasteiger partial charge is 0.240 e. The smallest absolute Gasteiger partial charge is 0.210 e. The predicted molar refractivity (Wildman–Crippen MR) is 93.7 cm³/mol. The number of hydrogen-bond donors (Lipinski definition) is 1. The van der Waals surface area contributed by atoms with E-state index in [1.807, 2.05) is 19.1 Å². The standard InChI is InChI=1S/C17H20FNO2S2/c1-13-4-3-5-15(10-13)12-22-9-8-19-23(20,21)16-6-7-17(18)14(2)11-16/h3-7,10-11,19H,8-9,12H2,1-2H3. The number of benzene rings is 2. The summed E-state index contributed by atoms with van der Waals surface area (Å²) in [6, 6.07) is 12.1. The Labute approximate surface area is 141 Å². The van der Waals surface area contributed by atoms with Crippen molar-refractivity contribution in [2.75, 3.05) is 12.3 Å². The molecule has 2 aromatic rings. The summed E-state index contributed by atoms with van der Waals surface area (Å²) in [5, 5.41) is 0. The fourth-order valence-corrected chi connectivity index (χ4v) is 4.16. The van der Waals surface area contributed by atoms with E-state index < -0.39 is 15.8 Å². The molecule has 0 atom stereocenters. The van der Waals surface area contributed by atoms with Crippen LogP contribution >= 0.6 is 11.8 Å². The molecule has 0 radical (unpaired) electrons. The maximum Gasteiger partial charge on any atom is 0.240 e. The molecule has 0 amide bonds. The van der Waals surface area contributed by atoms with Crippen LogP contribution in [0.25, 0.3) is 0 Å². The quantitative estimate of drug-likeness (QED) is 0.773. The molecule has 0 aliphatic carbocycles. The molecule has 0 unspecified atom stereocenters. The molecule has 3 nitrogen and oxygen atoms in total. The van der Waals surface area contributed by atoms with E-state index >= 15 is 0 Å². The molecule has 2 rings (SSSR count). The SMILES string of the molecule is Cc1cccc(CSCCNS(=O)(=O)c2ccc(F)c(C)c2)c1. The number of sulfonamides is 1. The lowest BCUT2D eigenvalue weighted by molar-refractivity contribution is 0.582. The van der Waals surface area contributed by atoms with Gasteiger partial charge in [-0.2, -0.15) is 11.8 Å². The fraction of sp³-hybridized carbons (Fsp3) is 0.294. The van der Waals surface area contributed by atoms with E-state index in [0.717, 1.165) is 5.75 Å². The molecule has 0 aromatic heterocycles. The van der Waals surface area contributed by atoms with Crippen molar-refractivity contribution in [3.8, 4) is 0 Å². The van der Waals surface area contributed by atoms with E-state index in [1.165, 1.54) is 29.3 Å². The number of hydrogen-bond acceptors (Lipinski definition) is 3. The summed E-state index contributed by atoms with van der Waals surface area (Å²) in [5.74, 6) is 1.12. The van der Waals surface area contributed by atoms with Crippen LogP contribution in [-0.2, 0) is 15.8 Å². The van der Waals surface area contributed by atoms with Crippen LogP contribution in [0.1, 0.15) is 16.7 Å². The molecule has 0 aliphatic heterocycles. The Morgan fingerprint density at radius 2 is 1.91 bits per heavy atom. The first-order valence-corrected chi connectivity index (χ1v) is 9.91. The van der Waals surface area contributed by atoms with E-state index in [9.17, 15) is 12.8 Å². The molecular formula is C17H20FNO2S2. The lowest BCUT2D eigenvalue weighted by Crippen LogP contribution is -2.26. The van der Waals surface area contributed by atoms with Crippen molar-refractivity contribution in [2.45, 2.75) is 24.5 Å². The van der Waals surface area contributed by atoms with Crippen molar-refractivity contribution in [3.05, 3.63) is 65.0 Å². The van der Waals surface area contributed by atoms with Crippen LogP contribution in [0.2, 0.25) is 0 Å². The van der Waals surface area contributed by atoms with E-state index in [1.54, 1.807) is 18.7 Å². The summed E-state index contributed by atoms with van der Waals surface area (Å²) in [6.07, 6.45) is 0. The monoisotopic (exact) mass is 353 g/mol. The van der Waals surface area contributed by atoms with Crippen LogP contribution in [0.3, 0.4) is 0 Å². The minimum Gasteiger partial charge on any atom is -0.210 e. The second kappa shape index (κ2) is 7.95. The molecule has 0 aliphatic rings. The average molecular weight is 353 g/mol. The van der Waals surface area contributed by atoms with E-state index in [-0.39, 0.29) is 4.90 Å². The second-order valence-electron chi connectivity index (χ2n) is 5.35. The summed E-state index contributed by atoms with van der Waals surface area (Å²) in [6.45, 7) is 3.94. The van der Waals surface area contributed by atoms with Crippen molar-refractivity contribution in [2.24, 2.45) is 0 Å². The van der Waals surface area contributed by atoms with Gasteiger partial charge in [0.1, 0.15) is 5.82 Å². The zero-order valence-corrected chi connectivity index (χ0v) is 14.8. The van der Waals surface area contributed by atoms with Crippen molar-refractivity contribution >= 4 is 21.8 Å². The molecule has 0 saturated heterocycles. The van der Waals surface area contributed by atoms with Gasteiger partial charge in [0.05, 0.1) is 4.90 Å². The number of nitrogens with one attached hydrogen (secondary N) is 1. The number of halogens is 1. The molecule has 2 aromatic carbocycles. The Bertz CT molecular complexity index is 776. The Morgan fingerprint density at radius 3 is 2.61 bits per heavy atom. The van der Waals surface area contributed by atoms with Gasteiger partial charge in [0.25, 0.3) is 0 Å². The van der Waals surface area contributed by atoms with Gasteiger partial charge < -0.3 is 0 Å². The zero-order valence-electron chi connectivity index (χ0n) is 13.2. The van der Waals surface area contributed by atoms with Gasteiger partial charge >= 0.3 is 0 Å². The van der Waals surface area contributed by atoms with Gasteiger partial charge in [-0.3, -0.25) is 0 Å². The van der Waals surface area contributed by atoms with Crippen LogP contribution in [-0.4, -0.2) is 20.7 Å². The summed E-state index contributed by atoms with van der Waals surface area (Å²) in [7, 11) is -3.58.